The lowest BCUT2D eigenvalue weighted by atomic mass is 10.1. The number of carbonyl (C=O) groups excluding carboxylic acids is 2. The van der Waals surface area contributed by atoms with Crippen molar-refractivity contribution >= 4 is 23.2 Å². The van der Waals surface area contributed by atoms with Crippen molar-refractivity contribution in [1.29, 1.82) is 0 Å². The fraction of sp³-hybridized carbons (Fsp3) is 0.240. The number of anilines is 2. The number of amides is 2. The molecular weight excluding hydrogens is 402 g/mol. The van der Waals surface area contributed by atoms with Crippen molar-refractivity contribution in [2.24, 2.45) is 0 Å². The lowest BCUT2D eigenvalue weighted by Crippen LogP contribution is -2.43. The number of rotatable bonds is 6. The van der Waals surface area contributed by atoms with Gasteiger partial charge in [0.2, 0.25) is 0 Å². The SMILES string of the molecule is CN1CCN(Cc2ccc(NC(=O)c3cccc(NC(=O)c4cccnc4)c3)cc2)CC1. The molecule has 7 nitrogen and oxygen atoms in total. The third kappa shape index (κ3) is 5.78. The van der Waals surface area contributed by atoms with Crippen molar-refractivity contribution in [3.63, 3.8) is 0 Å². The quantitative estimate of drug-likeness (QED) is 0.629. The highest BCUT2D eigenvalue weighted by Gasteiger charge is 2.14. The number of hydrogen-bond acceptors (Lipinski definition) is 5. The highest BCUT2D eigenvalue weighted by atomic mass is 16.2. The Kier molecular flexibility index (Phi) is 6.89. The molecule has 0 aliphatic carbocycles. The second-order valence-electron chi connectivity index (χ2n) is 8.01. The van der Waals surface area contributed by atoms with E-state index in [0.717, 1.165) is 38.4 Å². The minimum Gasteiger partial charge on any atom is -0.322 e. The fourth-order valence-corrected chi connectivity index (χ4v) is 3.60. The number of likely N-dealkylation sites (N-methyl/N-ethyl adjacent to an activating group) is 1. The van der Waals surface area contributed by atoms with Crippen LogP contribution in [0.3, 0.4) is 0 Å². The van der Waals surface area contributed by atoms with Crippen LogP contribution in [0.25, 0.3) is 0 Å². The molecule has 2 heterocycles. The molecule has 3 aromatic rings. The molecule has 164 valence electrons. The summed E-state index contributed by atoms with van der Waals surface area (Å²) in [5, 5.41) is 5.72. The fourth-order valence-electron chi connectivity index (χ4n) is 3.60. The molecule has 0 radical (unpaired) electrons. The standard InChI is InChI=1S/C25H27N5O2/c1-29-12-14-30(15-13-29)18-19-7-9-22(10-8-19)27-24(31)20-4-2-6-23(16-20)28-25(32)21-5-3-11-26-17-21/h2-11,16-17H,12-15,18H2,1H3,(H,27,31)(H,28,32). The van der Waals surface area contributed by atoms with Gasteiger partial charge in [0, 0.05) is 62.1 Å². The molecule has 0 unspecified atom stereocenters. The van der Waals surface area contributed by atoms with Crippen LogP contribution in [0.5, 0.6) is 0 Å². The molecule has 4 rings (SSSR count). The number of pyridine rings is 1. The number of hydrogen-bond donors (Lipinski definition) is 2. The van der Waals surface area contributed by atoms with E-state index < -0.39 is 0 Å². The third-order valence-electron chi connectivity index (χ3n) is 5.52. The predicted octanol–water partition coefficient (Wildman–Crippen LogP) is 3.33. The van der Waals surface area contributed by atoms with Crippen LogP contribution in [0.15, 0.2) is 73.1 Å². The number of carbonyl (C=O) groups is 2. The highest BCUT2D eigenvalue weighted by molar-refractivity contribution is 6.07. The topological polar surface area (TPSA) is 77.6 Å². The maximum Gasteiger partial charge on any atom is 0.257 e. The molecular formula is C25H27N5O2. The van der Waals surface area contributed by atoms with Crippen LogP contribution in [0.4, 0.5) is 11.4 Å². The van der Waals surface area contributed by atoms with Gasteiger partial charge in [0.1, 0.15) is 0 Å². The summed E-state index contributed by atoms with van der Waals surface area (Å²) < 4.78 is 0. The summed E-state index contributed by atoms with van der Waals surface area (Å²) in [6, 6.07) is 18.2. The Labute approximate surface area is 188 Å². The summed E-state index contributed by atoms with van der Waals surface area (Å²) in [5.41, 5.74) is 3.44. The minimum atomic E-state index is -0.272. The molecule has 2 amide bonds. The van der Waals surface area contributed by atoms with E-state index in [1.165, 1.54) is 11.8 Å². The Morgan fingerprint density at radius 2 is 1.53 bits per heavy atom. The van der Waals surface area contributed by atoms with Crippen LogP contribution >= 0.6 is 0 Å². The van der Waals surface area contributed by atoms with Gasteiger partial charge in [-0.05, 0) is 55.1 Å². The van der Waals surface area contributed by atoms with Crippen LogP contribution < -0.4 is 10.6 Å². The summed E-state index contributed by atoms with van der Waals surface area (Å²) in [6.45, 7) is 5.25. The Morgan fingerprint density at radius 3 is 2.25 bits per heavy atom. The second kappa shape index (κ2) is 10.2. The predicted molar refractivity (Wildman–Crippen MR) is 126 cm³/mol. The lowest BCUT2D eigenvalue weighted by Gasteiger charge is -2.32. The Hall–Kier alpha value is -3.55. The Balaban J connectivity index is 1.34. The first-order valence-electron chi connectivity index (χ1n) is 10.7. The first-order valence-corrected chi connectivity index (χ1v) is 10.7. The van der Waals surface area contributed by atoms with Gasteiger partial charge in [-0.15, -0.1) is 0 Å². The van der Waals surface area contributed by atoms with Gasteiger partial charge in [-0.2, -0.15) is 0 Å². The lowest BCUT2D eigenvalue weighted by molar-refractivity contribution is 0.101. The van der Waals surface area contributed by atoms with Crippen molar-refractivity contribution in [2.45, 2.75) is 6.54 Å². The smallest absolute Gasteiger partial charge is 0.257 e. The Morgan fingerprint density at radius 1 is 0.844 bits per heavy atom. The molecule has 0 spiro atoms. The van der Waals surface area contributed by atoms with E-state index >= 15 is 0 Å². The first kappa shape index (κ1) is 21.7. The van der Waals surface area contributed by atoms with Gasteiger partial charge < -0.3 is 15.5 Å². The number of aromatic nitrogens is 1. The zero-order valence-electron chi connectivity index (χ0n) is 18.1. The van der Waals surface area contributed by atoms with Gasteiger partial charge in [0.15, 0.2) is 0 Å². The molecule has 1 saturated heterocycles. The van der Waals surface area contributed by atoms with Crippen LogP contribution in [0, 0.1) is 0 Å². The van der Waals surface area contributed by atoms with Crippen LogP contribution in [-0.2, 0) is 6.54 Å². The molecule has 2 N–H and O–H groups in total. The van der Waals surface area contributed by atoms with Crippen LogP contribution in [-0.4, -0.2) is 59.8 Å². The molecule has 0 bridgehead atoms. The van der Waals surface area contributed by atoms with Gasteiger partial charge in [0.25, 0.3) is 11.8 Å². The van der Waals surface area contributed by atoms with E-state index in [-0.39, 0.29) is 11.8 Å². The monoisotopic (exact) mass is 429 g/mol. The molecule has 1 aliphatic heterocycles. The van der Waals surface area contributed by atoms with E-state index in [1.807, 2.05) is 12.1 Å². The number of piperazine rings is 1. The summed E-state index contributed by atoms with van der Waals surface area (Å²) >= 11 is 0. The molecule has 0 atom stereocenters. The van der Waals surface area contributed by atoms with Gasteiger partial charge >= 0.3 is 0 Å². The summed E-state index contributed by atoms with van der Waals surface area (Å²) in [6.07, 6.45) is 3.11. The molecule has 1 fully saturated rings. The largest absolute Gasteiger partial charge is 0.322 e. The summed E-state index contributed by atoms with van der Waals surface area (Å²) in [7, 11) is 2.15. The Bertz CT molecular complexity index is 1060. The van der Waals surface area contributed by atoms with Crippen molar-refractivity contribution in [3.05, 3.63) is 89.7 Å². The average molecular weight is 430 g/mol. The molecule has 7 heteroatoms. The van der Waals surface area contributed by atoms with Gasteiger partial charge in [-0.25, -0.2) is 0 Å². The number of benzene rings is 2. The van der Waals surface area contributed by atoms with Crippen molar-refractivity contribution < 1.29 is 9.59 Å². The normalized spacial score (nSPS) is 14.7. The van der Waals surface area contributed by atoms with Crippen LogP contribution in [0.1, 0.15) is 26.3 Å². The van der Waals surface area contributed by atoms with E-state index in [9.17, 15) is 9.59 Å². The number of nitrogens with zero attached hydrogens (tertiary/aromatic N) is 3. The third-order valence-corrected chi connectivity index (χ3v) is 5.52. The van der Waals surface area contributed by atoms with E-state index in [4.69, 9.17) is 0 Å². The minimum absolute atomic E-state index is 0.228. The molecule has 0 saturated carbocycles. The second-order valence-corrected chi connectivity index (χ2v) is 8.01. The van der Waals surface area contributed by atoms with E-state index in [1.54, 1.807) is 42.6 Å². The molecule has 32 heavy (non-hydrogen) atoms. The maximum absolute atomic E-state index is 12.7. The van der Waals surface area contributed by atoms with Crippen molar-refractivity contribution in [1.82, 2.24) is 14.8 Å². The highest BCUT2D eigenvalue weighted by Crippen LogP contribution is 2.16. The summed E-state index contributed by atoms with van der Waals surface area (Å²) in [4.78, 5) is 33.8. The van der Waals surface area contributed by atoms with Crippen molar-refractivity contribution in [3.8, 4) is 0 Å². The summed E-state index contributed by atoms with van der Waals surface area (Å²) in [5.74, 6) is -0.499. The first-order chi connectivity index (χ1) is 15.6. The van der Waals surface area contributed by atoms with E-state index in [0.29, 0.717) is 16.8 Å². The van der Waals surface area contributed by atoms with Crippen LogP contribution in [0.2, 0.25) is 0 Å². The van der Waals surface area contributed by atoms with Crippen molar-refractivity contribution in [2.75, 3.05) is 43.9 Å². The zero-order valence-corrected chi connectivity index (χ0v) is 18.1. The molecule has 2 aromatic carbocycles. The maximum atomic E-state index is 12.7. The number of nitrogens with one attached hydrogen (secondary N) is 2. The molecule has 1 aliphatic rings. The zero-order chi connectivity index (χ0) is 22.3. The molecule has 1 aromatic heterocycles. The van der Waals surface area contributed by atoms with E-state index in [2.05, 4.69) is 44.6 Å². The van der Waals surface area contributed by atoms with Gasteiger partial charge in [-0.3, -0.25) is 19.5 Å². The van der Waals surface area contributed by atoms with Gasteiger partial charge in [0.05, 0.1) is 5.56 Å². The average Bonchev–Trinajstić information content (AvgIpc) is 2.82. The van der Waals surface area contributed by atoms with Gasteiger partial charge in [-0.1, -0.05) is 18.2 Å².